The Morgan fingerprint density at radius 2 is 2.00 bits per heavy atom. The van der Waals surface area contributed by atoms with Crippen molar-refractivity contribution in [3.05, 3.63) is 70.5 Å². The third-order valence-corrected chi connectivity index (χ3v) is 6.66. The maximum absolute atomic E-state index is 6.49. The Morgan fingerprint density at radius 3 is 2.73 bits per heavy atom. The molecule has 5 aromatic rings. The molecule has 0 fully saturated rings. The molecule has 30 heavy (non-hydrogen) atoms. The molecule has 0 aliphatic rings. The van der Waals surface area contributed by atoms with Crippen LogP contribution in [-0.4, -0.2) is 26.3 Å². The van der Waals surface area contributed by atoms with Gasteiger partial charge in [-0.05, 0) is 48.4 Å². The second-order valence-electron chi connectivity index (χ2n) is 7.30. The molecule has 0 spiro atoms. The van der Waals surface area contributed by atoms with Crippen molar-refractivity contribution in [1.82, 2.24) is 19.2 Å². The lowest BCUT2D eigenvalue weighted by Crippen LogP contribution is -2.05. The minimum atomic E-state index is 0.608. The predicted octanol–water partition coefficient (Wildman–Crippen LogP) is 5.99. The minimum absolute atomic E-state index is 0.608. The molecule has 7 heteroatoms. The monoisotopic (exact) mass is 436 g/mol. The lowest BCUT2D eigenvalue weighted by molar-refractivity contribution is 0.405. The summed E-state index contributed by atoms with van der Waals surface area (Å²) in [6.45, 7) is 5.03. The topological polar surface area (TPSA) is 44.4 Å². The van der Waals surface area contributed by atoms with Crippen molar-refractivity contribution < 1.29 is 4.74 Å². The number of nitrogens with zero attached hydrogens (tertiary/aromatic N) is 4. The molecule has 5 rings (SSSR count). The molecular weight excluding hydrogens is 416 g/mol. The Labute approximate surface area is 183 Å². The van der Waals surface area contributed by atoms with Gasteiger partial charge in [0.2, 0.25) is 4.96 Å². The lowest BCUT2D eigenvalue weighted by atomic mass is 10.1. The second kappa shape index (κ2) is 7.45. The summed E-state index contributed by atoms with van der Waals surface area (Å²) >= 11 is 7.93. The van der Waals surface area contributed by atoms with Gasteiger partial charge in [-0.25, -0.2) is 9.50 Å². The Morgan fingerprint density at radius 1 is 1.17 bits per heavy atom. The summed E-state index contributed by atoms with van der Waals surface area (Å²) in [5.74, 6) is 0. The molecular formula is C23H21ClN4OS. The van der Waals surface area contributed by atoms with Gasteiger partial charge in [0.1, 0.15) is 0 Å². The van der Waals surface area contributed by atoms with E-state index in [1.165, 1.54) is 39.1 Å². The van der Waals surface area contributed by atoms with Crippen LogP contribution in [0.15, 0.2) is 48.7 Å². The van der Waals surface area contributed by atoms with Crippen LogP contribution in [0.4, 0.5) is 0 Å². The van der Waals surface area contributed by atoms with Crippen molar-refractivity contribution in [2.45, 2.75) is 26.8 Å². The molecule has 0 aliphatic heterocycles. The first kappa shape index (κ1) is 19.2. The van der Waals surface area contributed by atoms with Gasteiger partial charge in [-0.2, -0.15) is 0 Å². The fourth-order valence-electron chi connectivity index (χ4n) is 4.04. The smallest absolute Gasteiger partial charge is 0.294 e. The highest BCUT2D eigenvalue weighted by Crippen LogP contribution is 2.37. The quantitative estimate of drug-likeness (QED) is 0.339. The second-order valence-corrected chi connectivity index (χ2v) is 8.62. The van der Waals surface area contributed by atoms with Crippen molar-refractivity contribution in [1.29, 1.82) is 0 Å². The third-order valence-electron chi connectivity index (χ3n) is 5.40. The molecule has 2 aromatic carbocycles. The predicted molar refractivity (Wildman–Crippen MR) is 123 cm³/mol. The van der Waals surface area contributed by atoms with E-state index in [4.69, 9.17) is 21.3 Å². The molecule has 3 heterocycles. The van der Waals surface area contributed by atoms with E-state index in [0.717, 1.165) is 34.2 Å². The number of halogens is 1. The Kier molecular flexibility index (Phi) is 4.76. The van der Waals surface area contributed by atoms with E-state index in [0.29, 0.717) is 5.19 Å². The average Bonchev–Trinajstić information content (AvgIpc) is 3.38. The molecule has 3 aromatic heterocycles. The Bertz CT molecular complexity index is 1350. The van der Waals surface area contributed by atoms with E-state index >= 15 is 0 Å². The number of imidazole rings is 1. The Balaban J connectivity index is 1.75. The molecule has 0 radical (unpaired) electrons. The van der Waals surface area contributed by atoms with Crippen LogP contribution in [0, 0.1) is 6.92 Å². The normalized spacial score (nSPS) is 11.6. The zero-order valence-corrected chi connectivity index (χ0v) is 18.6. The molecule has 0 N–H and O–H groups in total. The first-order chi connectivity index (χ1) is 14.6. The van der Waals surface area contributed by atoms with Gasteiger partial charge in [-0.3, -0.25) is 0 Å². The summed E-state index contributed by atoms with van der Waals surface area (Å²) in [6, 6.07) is 14.6. The van der Waals surface area contributed by atoms with E-state index in [-0.39, 0.29) is 0 Å². The van der Waals surface area contributed by atoms with Crippen LogP contribution in [-0.2, 0) is 13.0 Å². The van der Waals surface area contributed by atoms with Crippen molar-refractivity contribution in [2.24, 2.45) is 0 Å². The molecule has 5 nitrogen and oxygen atoms in total. The summed E-state index contributed by atoms with van der Waals surface area (Å²) in [7, 11) is 1.62. The van der Waals surface area contributed by atoms with Gasteiger partial charge in [0.05, 0.1) is 19.0 Å². The lowest BCUT2D eigenvalue weighted by Gasteiger charge is -2.12. The van der Waals surface area contributed by atoms with Crippen LogP contribution >= 0.6 is 22.9 Å². The fourth-order valence-corrected chi connectivity index (χ4v) is 4.93. The standard InChI is InChI=1S/C23H21ClN4OS/c1-4-19-21(18-13-28-22(25-18)30-23(26-28)29-3)16-11-14(2)9-10-20(16)27(19)12-15-7-5-6-8-17(15)24/h5-11,13H,4,12H2,1-3H3. The zero-order valence-electron chi connectivity index (χ0n) is 17.0. The molecule has 0 bridgehead atoms. The average molecular weight is 437 g/mol. The van der Waals surface area contributed by atoms with Crippen LogP contribution in [0.1, 0.15) is 23.7 Å². The van der Waals surface area contributed by atoms with Gasteiger partial charge in [-0.15, -0.1) is 5.10 Å². The van der Waals surface area contributed by atoms with Gasteiger partial charge in [0.15, 0.2) is 0 Å². The number of hydrogen-bond donors (Lipinski definition) is 0. The number of hydrogen-bond acceptors (Lipinski definition) is 4. The number of aromatic nitrogens is 4. The van der Waals surface area contributed by atoms with E-state index in [1.807, 2.05) is 24.4 Å². The van der Waals surface area contributed by atoms with Gasteiger partial charge < -0.3 is 9.30 Å². The van der Waals surface area contributed by atoms with Crippen molar-refractivity contribution in [3.8, 4) is 16.5 Å². The highest BCUT2D eigenvalue weighted by molar-refractivity contribution is 7.18. The summed E-state index contributed by atoms with van der Waals surface area (Å²) in [4.78, 5) is 5.70. The molecule has 152 valence electrons. The maximum atomic E-state index is 6.49. The highest BCUT2D eigenvalue weighted by Gasteiger charge is 2.21. The minimum Gasteiger partial charge on any atom is -0.472 e. The molecule has 0 amide bonds. The SMILES string of the molecule is CCc1c(-c2cn3nc(OC)sc3n2)c2cc(C)ccc2n1Cc1ccccc1Cl. The van der Waals surface area contributed by atoms with Crippen LogP contribution in [0.3, 0.4) is 0 Å². The summed E-state index contributed by atoms with van der Waals surface area (Å²) in [5, 5.41) is 7.04. The molecule has 0 saturated carbocycles. The van der Waals surface area contributed by atoms with Crippen LogP contribution in [0.2, 0.25) is 5.02 Å². The van der Waals surface area contributed by atoms with Crippen LogP contribution in [0.5, 0.6) is 5.19 Å². The van der Waals surface area contributed by atoms with E-state index < -0.39 is 0 Å². The highest BCUT2D eigenvalue weighted by atomic mass is 35.5. The number of aryl methyl sites for hydroxylation is 1. The largest absolute Gasteiger partial charge is 0.472 e. The number of methoxy groups -OCH3 is 1. The van der Waals surface area contributed by atoms with Gasteiger partial charge in [0, 0.05) is 33.7 Å². The van der Waals surface area contributed by atoms with Gasteiger partial charge in [-0.1, -0.05) is 48.4 Å². The number of benzene rings is 2. The summed E-state index contributed by atoms with van der Waals surface area (Å²) in [5.41, 5.74) is 6.86. The van der Waals surface area contributed by atoms with Gasteiger partial charge >= 0.3 is 0 Å². The van der Waals surface area contributed by atoms with E-state index in [1.54, 1.807) is 11.6 Å². The van der Waals surface area contributed by atoms with E-state index in [9.17, 15) is 0 Å². The summed E-state index contributed by atoms with van der Waals surface area (Å²) in [6.07, 6.45) is 2.87. The van der Waals surface area contributed by atoms with Crippen molar-refractivity contribution in [2.75, 3.05) is 7.11 Å². The third kappa shape index (κ3) is 3.07. The number of fused-ring (bicyclic) bond motifs is 2. The van der Waals surface area contributed by atoms with Crippen LogP contribution < -0.4 is 4.74 Å². The Hall–Kier alpha value is -2.83. The van der Waals surface area contributed by atoms with Gasteiger partial charge in [0.25, 0.3) is 5.19 Å². The number of rotatable bonds is 5. The van der Waals surface area contributed by atoms with Crippen molar-refractivity contribution in [3.63, 3.8) is 0 Å². The first-order valence-corrected chi connectivity index (χ1v) is 11.0. The fraction of sp³-hybridized carbons (Fsp3) is 0.217. The molecule has 0 aliphatic carbocycles. The van der Waals surface area contributed by atoms with Crippen molar-refractivity contribution >= 4 is 38.8 Å². The molecule has 0 atom stereocenters. The number of ether oxygens (including phenoxy) is 1. The van der Waals surface area contributed by atoms with Crippen LogP contribution in [0.25, 0.3) is 27.1 Å². The molecule has 0 saturated heterocycles. The maximum Gasteiger partial charge on any atom is 0.294 e. The first-order valence-electron chi connectivity index (χ1n) is 9.84. The summed E-state index contributed by atoms with van der Waals surface area (Å²) < 4.78 is 9.41. The molecule has 0 unspecified atom stereocenters. The zero-order chi connectivity index (χ0) is 20.8. The van der Waals surface area contributed by atoms with E-state index in [2.05, 4.69) is 47.8 Å².